The lowest BCUT2D eigenvalue weighted by Gasteiger charge is -2.37. The van der Waals surface area contributed by atoms with Gasteiger partial charge in [0, 0.05) is 38.8 Å². The number of hydrogen-bond donors (Lipinski definition) is 2. The highest BCUT2D eigenvalue weighted by Crippen LogP contribution is 2.47. The van der Waals surface area contributed by atoms with Crippen molar-refractivity contribution in [1.82, 2.24) is 20.0 Å². The molecule has 11 nitrogen and oxygen atoms in total. The second-order valence-corrected chi connectivity index (χ2v) is 13.5. The van der Waals surface area contributed by atoms with Gasteiger partial charge in [0.2, 0.25) is 11.8 Å². The van der Waals surface area contributed by atoms with Gasteiger partial charge in [-0.05, 0) is 41.2 Å². The van der Waals surface area contributed by atoms with E-state index in [0.29, 0.717) is 37.6 Å². The minimum Gasteiger partial charge on any atom is -0.378 e. The predicted octanol–water partition coefficient (Wildman–Crippen LogP) is 3.41. The van der Waals surface area contributed by atoms with Crippen LogP contribution in [0.2, 0.25) is 0 Å². The SMILES string of the molecule is [C-]#[N+][C@@H]1C[C@@]2(CN1C(=O)[C@H](CC(C)(C)C)N(C)C(=O)[C@H](Cc1ccc(F)cc1)NC(=O)N1CCOCC1)C(=O)Nc1ccccc12. The first-order chi connectivity index (χ1) is 21.8. The number of benzene rings is 2. The zero-order valence-corrected chi connectivity index (χ0v) is 26.7. The van der Waals surface area contributed by atoms with Crippen molar-refractivity contribution in [2.75, 3.05) is 45.2 Å². The van der Waals surface area contributed by atoms with Crippen molar-refractivity contribution >= 4 is 29.4 Å². The number of carbonyl (C=O) groups excluding carboxylic acids is 4. The first kappa shape index (κ1) is 32.9. The molecular weight excluding hydrogens is 591 g/mol. The molecule has 5 rings (SSSR count). The van der Waals surface area contributed by atoms with Gasteiger partial charge in [-0.2, -0.15) is 0 Å². The summed E-state index contributed by atoms with van der Waals surface area (Å²) in [6.07, 6.45) is -0.407. The lowest BCUT2D eigenvalue weighted by atomic mass is 9.80. The average Bonchev–Trinajstić information content (AvgIpc) is 3.57. The molecular formula is C34H41FN6O5. The van der Waals surface area contributed by atoms with Gasteiger partial charge in [0.15, 0.2) is 0 Å². The van der Waals surface area contributed by atoms with E-state index in [1.165, 1.54) is 29.0 Å². The van der Waals surface area contributed by atoms with Crippen LogP contribution < -0.4 is 10.6 Å². The summed E-state index contributed by atoms with van der Waals surface area (Å²) in [5.74, 6) is -1.60. The maximum absolute atomic E-state index is 14.5. The molecule has 0 bridgehead atoms. The fourth-order valence-electron chi connectivity index (χ4n) is 6.58. The Bertz CT molecular complexity index is 1530. The van der Waals surface area contributed by atoms with Gasteiger partial charge >= 0.3 is 12.2 Å². The molecule has 244 valence electrons. The second-order valence-electron chi connectivity index (χ2n) is 13.5. The van der Waals surface area contributed by atoms with E-state index in [2.05, 4.69) is 15.5 Å². The van der Waals surface area contributed by atoms with Crippen molar-refractivity contribution in [3.05, 3.63) is 76.9 Å². The van der Waals surface area contributed by atoms with Gasteiger partial charge in [-0.3, -0.25) is 24.1 Å². The topological polar surface area (TPSA) is 116 Å². The molecule has 12 heteroatoms. The van der Waals surface area contributed by atoms with Crippen molar-refractivity contribution in [3.8, 4) is 0 Å². The van der Waals surface area contributed by atoms with Crippen molar-refractivity contribution in [1.29, 1.82) is 0 Å². The Kier molecular flexibility index (Phi) is 9.35. The number of carbonyl (C=O) groups is 4. The third-order valence-electron chi connectivity index (χ3n) is 9.04. The molecule has 4 atom stereocenters. The van der Waals surface area contributed by atoms with Crippen LogP contribution in [0.3, 0.4) is 0 Å². The molecule has 0 saturated carbocycles. The number of amides is 5. The Labute approximate surface area is 268 Å². The minimum absolute atomic E-state index is 0.0111. The molecule has 1 spiro atoms. The fourth-order valence-corrected chi connectivity index (χ4v) is 6.58. The van der Waals surface area contributed by atoms with Crippen LogP contribution >= 0.6 is 0 Å². The number of likely N-dealkylation sites (N-methyl/N-ethyl adjacent to an activating group) is 1. The first-order valence-electron chi connectivity index (χ1n) is 15.6. The highest BCUT2D eigenvalue weighted by Gasteiger charge is 2.59. The van der Waals surface area contributed by atoms with Gasteiger partial charge in [0.05, 0.1) is 19.6 Å². The Balaban J connectivity index is 1.44. The third-order valence-corrected chi connectivity index (χ3v) is 9.04. The number of rotatable bonds is 7. The monoisotopic (exact) mass is 632 g/mol. The molecule has 2 aromatic rings. The van der Waals surface area contributed by atoms with Crippen LogP contribution in [-0.4, -0.2) is 96.6 Å². The number of nitrogens with zero attached hydrogens (tertiary/aromatic N) is 4. The number of hydrogen-bond acceptors (Lipinski definition) is 5. The summed E-state index contributed by atoms with van der Waals surface area (Å²) in [5, 5.41) is 5.76. The van der Waals surface area contributed by atoms with Crippen LogP contribution in [-0.2, 0) is 31.0 Å². The summed E-state index contributed by atoms with van der Waals surface area (Å²) in [7, 11) is 1.53. The summed E-state index contributed by atoms with van der Waals surface area (Å²) in [4.78, 5) is 63.5. The Morgan fingerprint density at radius 1 is 1.15 bits per heavy atom. The van der Waals surface area contributed by atoms with Gasteiger partial charge in [-0.1, -0.05) is 51.1 Å². The Morgan fingerprint density at radius 3 is 2.48 bits per heavy atom. The number of anilines is 1. The van der Waals surface area contributed by atoms with Crippen LogP contribution in [0, 0.1) is 17.8 Å². The van der Waals surface area contributed by atoms with Crippen LogP contribution in [0.15, 0.2) is 48.5 Å². The van der Waals surface area contributed by atoms with Gasteiger partial charge in [0.1, 0.15) is 23.3 Å². The Hall–Kier alpha value is -4.50. The molecule has 2 N–H and O–H groups in total. The standard InChI is InChI=1S/C34H41FN6O5/c1-33(2,3)19-27(30(43)41-21-34(20-28(41)36-4)24-8-6-7-9-25(24)37-31(34)44)39(5)29(42)26(18-22-10-12-23(35)13-11-22)38-32(45)40-14-16-46-17-15-40/h6-13,26-28H,14-21H2,1-3,5H3,(H,37,44)(H,38,45)/t26-,27-,28-,34-/m0/s1. The smallest absolute Gasteiger partial charge is 0.318 e. The number of nitrogens with one attached hydrogen (secondary N) is 2. The highest BCUT2D eigenvalue weighted by molar-refractivity contribution is 6.07. The number of fused-ring (bicyclic) bond motifs is 2. The molecule has 3 aliphatic heterocycles. The van der Waals surface area contributed by atoms with E-state index >= 15 is 0 Å². The van der Waals surface area contributed by atoms with E-state index in [9.17, 15) is 23.6 Å². The molecule has 5 amide bonds. The van der Waals surface area contributed by atoms with E-state index < -0.39 is 52.7 Å². The summed E-state index contributed by atoms with van der Waals surface area (Å²) >= 11 is 0. The molecule has 2 saturated heterocycles. The molecule has 0 unspecified atom stereocenters. The van der Waals surface area contributed by atoms with Crippen molar-refractivity contribution in [2.45, 2.75) is 63.7 Å². The zero-order chi connectivity index (χ0) is 33.2. The minimum atomic E-state index is -1.06. The molecule has 3 heterocycles. The van der Waals surface area contributed by atoms with E-state index in [4.69, 9.17) is 11.3 Å². The molecule has 3 aliphatic rings. The number of urea groups is 1. The lowest BCUT2D eigenvalue weighted by molar-refractivity contribution is -0.147. The predicted molar refractivity (Wildman–Crippen MR) is 169 cm³/mol. The van der Waals surface area contributed by atoms with Gasteiger partial charge < -0.3 is 25.2 Å². The van der Waals surface area contributed by atoms with Crippen molar-refractivity contribution < 1.29 is 28.3 Å². The normalized spacial score (nSPS) is 22.1. The van der Waals surface area contributed by atoms with E-state index in [-0.39, 0.29) is 31.7 Å². The number of halogens is 1. The highest BCUT2D eigenvalue weighted by atomic mass is 19.1. The molecule has 0 aromatic heterocycles. The largest absolute Gasteiger partial charge is 0.378 e. The average molecular weight is 633 g/mol. The van der Waals surface area contributed by atoms with Crippen LogP contribution in [0.4, 0.5) is 14.9 Å². The number of ether oxygens (including phenoxy) is 1. The number of likely N-dealkylation sites (tertiary alicyclic amines) is 1. The van der Waals surface area contributed by atoms with Crippen molar-refractivity contribution in [3.63, 3.8) is 0 Å². The summed E-state index contributed by atoms with van der Waals surface area (Å²) in [5.41, 5.74) is 0.595. The molecule has 46 heavy (non-hydrogen) atoms. The third kappa shape index (κ3) is 6.70. The molecule has 0 radical (unpaired) electrons. The quantitative estimate of drug-likeness (QED) is 0.454. The number of para-hydroxylation sites is 1. The lowest BCUT2D eigenvalue weighted by Crippen LogP contribution is -2.58. The van der Waals surface area contributed by atoms with Crippen LogP contribution in [0.25, 0.3) is 4.85 Å². The molecule has 2 aromatic carbocycles. The van der Waals surface area contributed by atoms with Crippen LogP contribution in [0.5, 0.6) is 0 Å². The zero-order valence-electron chi connectivity index (χ0n) is 26.7. The number of morpholine rings is 1. The van der Waals surface area contributed by atoms with E-state index in [0.717, 1.165) is 5.56 Å². The van der Waals surface area contributed by atoms with Gasteiger partial charge in [-0.25, -0.2) is 15.8 Å². The maximum atomic E-state index is 14.5. The molecule has 0 aliphatic carbocycles. The molecule has 2 fully saturated rings. The van der Waals surface area contributed by atoms with E-state index in [1.807, 2.05) is 39.0 Å². The van der Waals surface area contributed by atoms with Crippen molar-refractivity contribution in [2.24, 2.45) is 5.41 Å². The van der Waals surface area contributed by atoms with Crippen LogP contribution in [0.1, 0.15) is 44.7 Å². The Morgan fingerprint density at radius 2 is 1.83 bits per heavy atom. The fraction of sp³-hybridized carbons (Fsp3) is 0.500. The van der Waals surface area contributed by atoms with E-state index in [1.54, 1.807) is 23.1 Å². The second kappa shape index (κ2) is 13.1. The summed E-state index contributed by atoms with van der Waals surface area (Å²) in [6.45, 7) is 15.3. The maximum Gasteiger partial charge on any atom is 0.318 e. The van der Waals surface area contributed by atoms with Gasteiger partial charge in [-0.15, -0.1) is 0 Å². The summed E-state index contributed by atoms with van der Waals surface area (Å²) in [6, 6.07) is 10.5. The van der Waals surface area contributed by atoms with Gasteiger partial charge in [0.25, 0.3) is 5.91 Å². The first-order valence-corrected chi connectivity index (χ1v) is 15.6. The summed E-state index contributed by atoms with van der Waals surface area (Å²) < 4.78 is 19.0.